The van der Waals surface area contributed by atoms with E-state index in [0.717, 1.165) is 19.8 Å². The molecule has 1 rings (SSSR count). The maximum atomic E-state index is 5.44. The molecule has 96 valence electrons. The molecular weight excluding hydrogens is 200 g/mol. The van der Waals surface area contributed by atoms with Crippen LogP contribution in [0, 0.1) is 0 Å². The summed E-state index contributed by atoms with van der Waals surface area (Å²) in [4.78, 5) is 2.54. The van der Waals surface area contributed by atoms with Gasteiger partial charge in [-0.3, -0.25) is 0 Å². The van der Waals surface area contributed by atoms with Crippen LogP contribution in [0.15, 0.2) is 0 Å². The third-order valence-corrected chi connectivity index (χ3v) is 3.02. The third kappa shape index (κ3) is 7.20. The molecule has 0 radical (unpaired) electrons. The van der Waals surface area contributed by atoms with Crippen molar-refractivity contribution in [2.45, 2.75) is 45.6 Å². The van der Waals surface area contributed by atoms with E-state index in [0.29, 0.717) is 6.04 Å². The normalized spacial score (nSPS) is 18.9. The molecule has 0 bridgehead atoms. The summed E-state index contributed by atoms with van der Waals surface area (Å²) in [6.45, 7) is 11.1. The molecule has 0 spiro atoms. The molecule has 0 atom stereocenters. The Kier molecular flexibility index (Phi) is 7.81. The molecular formula is C13H28N2O. The van der Waals surface area contributed by atoms with Gasteiger partial charge in [0.1, 0.15) is 0 Å². The maximum absolute atomic E-state index is 5.44. The summed E-state index contributed by atoms with van der Waals surface area (Å²) in [5.74, 6) is 0. The van der Waals surface area contributed by atoms with E-state index in [1.165, 1.54) is 45.3 Å². The van der Waals surface area contributed by atoms with Crippen molar-refractivity contribution in [3.63, 3.8) is 0 Å². The Hall–Kier alpha value is -0.120. The molecule has 0 aromatic rings. The lowest BCUT2D eigenvalue weighted by atomic mass is 10.2. The molecule has 0 unspecified atom stereocenters. The van der Waals surface area contributed by atoms with Crippen molar-refractivity contribution in [2.24, 2.45) is 0 Å². The topological polar surface area (TPSA) is 24.5 Å². The Morgan fingerprint density at radius 1 is 1.12 bits per heavy atom. The molecule has 1 aliphatic heterocycles. The molecule has 0 saturated carbocycles. The van der Waals surface area contributed by atoms with Gasteiger partial charge in [0.15, 0.2) is 0 Å². The average molecular weight is 228 g/mol. The van der Waals surface area contributed by atoms with E-state index in [2.05, 4.69) is 24.1 Å². The number of hydrogen-bond acceptors (Lipinski definition) is 3. The Balaban J connectivity index is 1.89. The summed E-state index contributed by atoms with van der Waals surface area (Å²) in [5, 5.41) is 3.46. The van der Waals surface area contributed by atoms with Crippen molar-refractivity contribution in [3.8, 4) is 0 Å². The van der Waals surface area contributed by atoms with Gasteiger partial charge in [0.05, 0.1) is 6.61 Å². The van der Waals surface area contributed by atoms with Crippen molar-refractivity contribution < 1.29 is 4.74 Å². The molecule has 3 nitrogen and oxygen atoms in total. The molecule has 16 heavy (non-hydrogen) atoms. The van der Waals surface area contributed by atoms with Crippen molar-refractivity contribution in [3.05, 3.63) is 0 Å². The molecule has 1 fully saturated rings. The number of nitrogens with one attached hydrogen (secondary N) is 1. The fraction of sp³-hybridized carbons (Fsp3) is 1.00. The monoisotopic (exact) mass is 228 g/mol. The number of ether oxygens (including phenoxy) is 1. The zero-order valence-electron chi connectivity index (χ0n) is 11.0. The lowest BCUT2D eigenvalue weighted by Gasteiger charge is -2.18. The van der Waals surface area contributed by atoms with Crippen LogP contribution in [0.1, 0.15) is 39.5 Å². The zero-order valence-corrected chi connectivity index (χ0v) is 11.0. The summed E-state index contributed by atoms with van der Waals surface area (Å²) in [6.07, 6.45) is 5.19. The lowest BCUT2D eigenvalue weighted by molar-refractivity contribution is 0.141. The van der Waals surface area contributed by atoms with E-state index >= 15 is 0 Å². The fourth-order valence-electron chi connectivity index (χ4n) is 2.05. The van der Waals surface area contributed by atoms with Crippen LogP contribution in [0.25, 0.3) is 0 Å². The number of hydrogen-bond donors (Lipinski definition) is 1. The van der Waals surface area contributed by atoms with E-state index in [-0.39, 0.29) is 0 Å². The van der Waals surface area contributed by atoms with Crippen LogP contribution < -0.4 is 5.32 Å². The molecule has 1 aliphatic rings. The highest BCUT2D eigenvalue weighted by Crippen LogP contribution is 2.02. The first-order chi connectivity index (χ1) is 7.79. The van der Waals surface area contributed by atoms with Gasteiger partial charge in [-0.25, -0.2) is 0 Å². The first-order valence-corrected chi connectivity index (χ1v) is 6.82. The second-order valence-corrected chi connectivity index (χ2v) is 4.98. The van der Waals surface area contributed by atoms with Crippen molar-refractivity contribution in [1.82, 2.24) is 10.2 Å². The molecule has 0 aromatic carbocycles. The van der Waals surface area contributed by atoms with Crippen LogP contribution in [0.3, 0.4) is 0 Å². The highest BCUT2D eigenvalue weighted by molar-refractivity contribution is 4.61. The molecule has 1 N–H and O–H groups in total. The van der Waals surface area contributed by atoms with Crippen LogP contribution in [-0.2, 0) is 4.74 Å². The Morgan fingerprint density at radius 3 is 2.81 bits per heavy atom. The van der Waals surface area contributed by atoms with Gasteiger partial charge in [-0.05, 0) is 32.4 Å². The van der Waals surface area contributed by atoms with E-state index in [1.54, 1.807) is 0 Å². The summed E-state index contributed by atoms with van der Waals surface area (Å²) < 4.78 is 5.44. The lowest BCUT2D eigenvalue weighted by Crippen LogP contribution is -2.28. The van der Waals surface area contributed by atoms with Gasteiger partial charge >= 0.3 is 0 Å². The second kappa shape index (κ2) is 8.97. The maximum Gasteiger partial charge on any atom is 0.0593 e. The van der Waals surface area contributed by atoms with Gasteiger partial charge in [-0.2, -0.15) is 0 Å². The van der Waals surface area contributed by atoms with Gasteiger partial charge in [-0.1, -0.05) is 20.3 Å². The van der Waals surface area contributed by atoms with Crippen molar-refractivity contribution in [2.75, 3.05) is 39.4 Å². The average Bonchev–Trinajstić information content (AvgIpc) is 2.51. The first-order valence-electron chi connectivity index (χ1n) is 6.82. The Morgan fingerprint density at radius 2 is 2.00 bits per heavy atom. The van der Waals surface area contributed by atoms with Crippen LogP contribution in [0.2, 0.25) is 0 Å². The smallest absolute Gasteiger partial charge is 0.0593 e. The Labute approximate surface area is 101 Å². The molecule has 1 saturated heterocycles. The van der Waals surface area contributed by atoms with Gasteiger partial charge in [0, 0.05) is 25.7 Å². The summed E-state index contributed by atoms with van der Waals surface area (Å²) in [6, 6.07) is 0.628. The highest BCUT2D eigenvalue weighted by Gasteiger charge is 2.07. The minimum Gasteiger partial charge on any atom is -0.380 e. The highest BCUT2D eigenvalue weighted by atomic mass is 16.5. The largest absolute Gasteiger partial charge is 0.380 e. The quantitative estimate of drug-likeness (QED) is 0.673. The van der Waals surface area contributed by atoms with E-state index in [4.69, 9.17) is 4.74 Å². The third-order valence-electron chi connectivity index (χ3n) is 3.02. The van der Waals surface area contributed by atoms with Gasteiger partial charge in [-0.15, -0.1) is 0 Å². The molecule has 0 amide bonds. The van der Waals surface area contributed by atoms with E-state index < -0.39 is 0 Å². The summed E-state index contributed by atoms with van der Waals surface area (Å²) in [5.41, 5.74) is 0. The van der Waals surface area contributed by atoms with Crippen molar-refractivity contribution >= 4 is 0 Å². The first kappa shape index (κ1) is 13.9. The van der Waals surface area contributed by atoms with Gasteiger partial charge < -0.3 is 15.0 Å². The molecule has 3 heteroatoms. The van der Waals surface area contributed by atoms with Gasteiger partial charge in [0.2, 0.25) is 0 Å². The number of rotatable bonds is 7. The van der Waals surface area contributed by atoms with Crippen molar-refractivity contribution in [1.29, 1.82) is 0 Å². The number of unbranched alkanes of at least 4 members (excludes halogenated alkanes) is 2. The second-order valence-electron chi connectivity index (χ2n) is 4.98. The summed E-state index contributed by atoms with van der Waals surface area (Å²) >= 11 is 0. The SMILES string of the molecule is CC(C)NCCCCCN1CCCOCC1. The zero-order chi connectivity index (χ0) is 11.6. The van der Waals surface area contributed by atoms with Crippen LogP contribution in [0.4, 0.5) is 0 Å². The fourth-order valence-corrected chi connectivity index (χ4v) is 2.05. The standard InChI is InChI=1S/C13H28N2O/c1-13(2)14-7-4-3-5-8-15-9-6-11-16-12-10-15/h13-14H,3-12H2,1-2H3. The van der Waals surface area contributed by atoms with E-state index in [9.17, 15) is 0 Å². The van der Waals surface area contributed by atoms with Crippen LogP contribution in [0.5, 0.6) is 0 Å². The predicted octanol–water partition coefficient (Wildman–Crippen LogP) is 1.88. The van der Waals surface area contributed by atoms with Crippen LogP contribution in [-0.4, -0.2) is 50.3 Å². The van der Waals surface area contributed by atoms with Gasteiger partial charge in [0.25, 0.3) is 0 Å². The summed E-state index contributed by atoms with van der Waals surface area (Å²) in [7, 11) is 0. The molecule has 0 aliphatic carbocycles. The predicted molar refractivity (Wildman–Crippen MR) is 68.9 cm³/mol. The van der Waals surface area contributed by atoms with Crippen LogP contribution >= 0.6 is 0 Å². The van der Waals surface area contributed by atoms with E-state index in [1.807, 2.05) is 0 Å². The minimum atomic E-state index is 0.628. The Bertz CT molecular complexity index is 154. The molecule has 1 heterocycles. The number of nitrogens with zero attached hydrogens (tertiary/aromatic N) is 1. The minimum absolute atomic E-state index is 0.628. The molecule has 0 aromatic heterocycles.